The second-order valence-electron chi connectivity index (χ2n) is 3.41. The van der Waals surface area contributed by atoms with Gasteiger partial charge in [-0.2, -0.15) is 0 Å². The SMILES string of the molecule is CCC(O)CN(CC)C(C)CC. The van der Waals surface area contributed by atoms with Crippen molar-refractivity contribution in [2.45, 2.75) is 52.7 Å². The number of hydrogen-bond donors (Lipinski definition) is 1. The van der Waals surface area contributed by atoms with Crippen molar-refractivity contribution in [2.24, 2.45) is 0 Å². The van der Waals surface area contributed by atoms with Gasteiger partial charge in [0.05, 0.1) is 6.10 Å². The van der Waals surface area contributed by atoms with Crippen LogP contribution in [0, 0.1) is 0 Å². The second-order valence-corrected chi connectivity index (χ2v) is 3.41. The fourth-order valence-electron chi connectivity index (χ4n) is 1.28. The van der Waals surface area contributed by atoms with Crippen molar-refractivity contribution in [2.75, 3.05) is 13.1 Å². The van der Waals surface area contributed by atoms with Crippen LogP contribution in [0.1, 0.15) is 40.5 Å². The molecule has 0 spiro atoms. The van der Waals surface area contributed by atoms with E-state index in [0.717, 1.165) is 25.9 Å². The van der Waals surface area contributed by atoms with Gasteiger partial charge in [0, 0.05) is 12.6 Å². The Hall–Kier alpha value is -0.0800. The monoisotopic (exact) mass is 173 g/mol. The molecular weight excluding hydrogens is 150 g/mol. The maximum atomic E-state index is 9.46. The number of likely N-dealkylation sites (N-methyl/N-ethyl adjacent to an activating group) is 1. The summed E-state index contributed by atoms with van der Waals surface area (Å²) in [6.07, 6.45) is 1.86. The molecule has 0 heterocycles. The third-order valence-corrected chi connectivity index (χ3v) is 2.54. The first-order valence-electron chi connectivity index (χ1n) is 5.07. The van der Waals surface area contributed by atoms with Gasteiger partial charge in [0.1, 0.15) is 0 Å². The predicted octanol–water partition coefficient (Wildman–Crippen LogP) is 1.88. The van der Waals surface area contributed by atoms with Gasteiger partial charge in [0.2, 0.25) is 0 Å². The van der Waals surface area contributed by atoms with E-state index in [1.807, 2.05) is 6.92 Å². The molecule has 0 saturated carbocycles. The summed E-state index contributed by atoms with van der Waals surface area (Å²) in [5, 5.41) is 9.46. The van der Waals surface area contributed by atoms with E-state index in [4.69, 9.17) is 0 Å². The van der Waals surface area contributed by atoms with Gasteiger partial charge in [-0.25, -0.2) is 0 Å². The van der Waals surface area contributed by atoms with E-state index in [1.165, 1.54) is 0 Å². The summed E-state index contributed by atoms with van der Waals surface area (Å²) in [6.45, 7) is 10.4. The molecule has 2 unspecified atom stereocenters. The maximum absolute atomic E-state index is 9.46. The van der Waals surface area contributed by atoms with Crippen LogP contribution in [0.3, 0.4) is 0 Å². The molecule has 0 aliphatic carbocycles. The van der Waals surface area contributed by atoms with Crippen molar-refractivity contribution in [3.63, 3.8) is 0 Å². The summed E-state index contributed by atoms with van der Waals surface area (Å²) < 4.78 is 0. The zero-order chi connectivity index (χ0) is 9.56. The van der Waals surface area contributed by atoms with Crippen LogP contribution in [0.25, 0.3) is 0 Å². The molecule has 0 saturated heterocycles. The lowest BCUT2D eigenvalue weighted by molar-refractivity contribution is 0.0907. The molecule has 2 atom stereocenters. The summed E-state index contributed by atoms with van der Waals surface area (Å²) in [7, 11) is 0. The van der Waals surface area contributed by atoms with Gasteiger partial charge in [0.15, 0.2) is 0 Å². The van der Waals surface area contributed by atoms with E-state index in [-0.39, 0.29) is 6.10 Å². The number of aliphatic hydroxyl groups excluding tert-OH is 1. The smallest absolute Gasteiger partial charge is 0.0664 e. The highest BCUT2D eigenvalue weighted by Gasteiger charge is 2.12. The highest BCUT2D eigenvalue weighted by Crippen LogP contribution is 2.05. The van der Waals surface area contributed by atoms with Crippen molar-refractivity contribution in [3.05, 3.63) is 0 Å². The van der Waals surface area contributed by atoms with Gasteiger partial charge in [-0.1, -0.05) is 20.8 Å². The molecule has 0 radical (unpaired) electrons. The molecule has 0 aromatic carbocycles. The molecule has 0 aliphatic rings. The molecule has 0 aliphatic heterocycles. The first-order valence-corrected chi connectivity index (χ1v) is 5.07. The molecule has 1 N–H and O–H groups in total. The molecule has 12 heavy (non-hydrogen) atoms. The van der Waals surface area contributed by atoms with E-state index in [0.29, 0.717) is 6.04 Å². The minimum atomic E-state index is -0.154. The standard InChI is InChI=1S/C10H23NO/c1-5-9(4)11(7-3)8-10(12)6-2/h9-10,12H,5-8H2,1-4H3. The third-order valence-electron chi connectivity index (χ3n) is 2.54. The highest BCUT2D eigenvalue weighted by molar-refractivity contribution is 4.67. The van der Waals surface area contributed by atoms with E-state index in [1.54, 1.807) is 0 Å². The molecule has 0 aromatic heterocycles. The maximum Gasteiger partial charge on any atom is 0.0664 e. The van der Waals surface area contributed by atoms with Crippen molar-refractivity contribution >= 4 is 0 Å². The predicted molar refractivity (Wildman–Crippen MR) is 53.3 cm³/mol. The lowest BCUT2D eigenvalue weighted by Crippen LogP contribution is -2.38. The summed E-state index contributed by atoms with van der Waals surface area (Å²) in [5.41, 5.74) is 0. The lowest BCUT2D eigenvalue weighted by atomic mass is 10.2. The number of rotatable bonds is 6. The van der Waals surface area contributed by atoms with Gasteiger partial charge in [-0.05, 0) is 26.3 Å². The summed E-state index contributed by atoms with van der Waals surface area (Å²) in [6, 6.07) is 0.594. The van der Waals surface area contributed by atoms with E-state index >= 15 is 0 Å². The molecule has 0 aromatic rings. The number of hydrogen-bond acceptors (Lipinski definition) is 2. The van der Waals surface area contributed by atoms with E-state index in [2.05, 4.69) is 25.7 Å². The van der Waals surface area contributed by atoms with Crippen LogP contribution in [-0.4, -0.2) is 35.2 Å². The van der Waals surface area contributed by atoms with Crippen LogP contribution >= 0.6 is 0 Å². The Labute approximate surface area is 76.6 Å². The highest BCUT2D eigenvalue weighted by atomic mass is 16.3. The van der Waals surface area contributed by atoms with E-state index in [9.17, 15) is 5.11 Å². The minimum absolute atomic E-state index is 0.154. The van der Waals surface area contributed by atoms with Crippen LogP contribution in [0.4, 0.5) is 0 Å². The lowest BCUT2D eigenvalue weighted by Gasteiger charge is -2.28. The Kier molecular flexibility index (Phi) is 6.39. The first kappa shape index (κ1) is 11.9. The van der Waals surface area contributed by atoms with Crippen LogP contribution in [0.2, 0.25) is 0 Å². The van der Waals surface area contributed by atoms with Crippen molar-refractivity contribution < 1.29 is 5.11 Å². The summed E-state index contributed by atoms with van der Waals surface area (Å²) >= 11 is 0. The van der Waals surface area contributed by atoms with Crippen LogP contribution in [-0.2, 0) is 0 Å². The minimum Gasteiger partial charge on any atom is -0.392 e. The second kappa shape index (κ2) is 6.44. The Morgan fingerprint density at radius 1 is 1.17 bits per heavy atom. The molecule has 0 rings (SSSR count). The zero-order valence-corrected chi connectivity index (χ0v) is 8.88. The van der Waals surface area contributed by atoms with Crippen molar-refractivity contribution in [1.29, 1.82) is 0 Å². The van der Waals surface area contributed by atoms with Gasteiger partial charge in [-0.15, -0.1) is 0 Å². The Morgan fingerprint density at radius 2 is 1.75 bits per heavy atom. The Balaban J connectivity index is 3.81. The molecule has 0 bridgehead atoms. The quantitative estimate of drug-likeness (QED) is 0.663. The third kappa shape index (κ3) is 4.07. The largest absolute Gasteiger partial charge is 0.392 e. The number of nitrogens with zero attached hydrogens (tertiary/aromatic N) is 1. The normalized spacial score (nSPS) is 16.5. The number of aliphatic hydroxyl groups is 1. The van der Waals surface area contributed by atoms with Crippen LogP contribution in [0.5, 0.6) is 0 Å². The van der Waals surface area contributed by atoms with Crippen LogP contribution in [0.15, 0.2) is 0 Å². The van der Waals surface area contributed by atoms with Gasteiger partial charge >= 0.3 is 0 Å². The van der Waals surface area contributed by atoms with Crippen LogP contribution < -0.4 is 0 Å². The van der Waals surface area contributed by atoms with Gasteiger partial charge in [-0.3, -0.25) is 4.90 Å². The molecular formula is C10H23NO. The van der Waals surface area contributed by atoms with Gasteiger partial charge in [0.25, 0.3) is 0 Å². The molecule has 2 nitrogen and oxygen atoms in total. The van der Waals surface area contributed by atoms with Crippen molar-refractivity contribution in [3.8, 4) is 0 Å². The zero-order valence-electron chi connectivity index (χ0n) is 8.88. The topological polar surface area (TPSA) is 23.5 Å². The average molecular weight is 173 g/mol. The van der Waals surface area contributed by atoms with Crippen molar-refractivity contribution in [1.82, 2.24) is 4.90 Å². The Bertz CT molecular complexity index is 106. The Morgan fingerprint density at radius 3 is 2.08 bits per heavy atom. The fourth-order valence-corrected chi connectivity index (χ4v) is 1.28. The average Bonchev–Trinajstić information content (AvgIpc) is 2.12. The molecule has 0 fully saturated rings. The summed E-state index contributed by atoms with van der Waals surface area (Å²) in [4.78, 5) is 2.33. The molecule has 2 heteroatoms. The first-order chi connectivity index (χ1) is 5.65. The van der Waals surface area contributed by atoms with E-state index < -0.39 is 0 Å². The molecule has 74 valence electrons. The molecule has 0 amide bonds. The summed E-state index contributed by atoms with van der Waals surface area (Å²) in [5.74, 6) is 0. The fraction of sp³-hybridized carbons (Fsp3) is 1.00. The van der Waals surface area contributed by atoms with Gasteiger partial charge < -0.3 is 5.11 Å².